The molecule has 0 bridgehead atoms. The lowest BCUT2D eigenvalue weighted by atomic mass is 10.1. The fourth-order valence-electron chi connectivity index (χ4n) is 1.69. The molecule has 0 N–H and O–H groups in total. The monoisotopic (exact) mass is 209 g/mol. The third-order valence-electron chi connectivity index (χ3n) is 2.38. The number of hydrogen-bond acceptors (Lipinski definition) is 3. The molecule has 2 nitrogen and oxygen atoms in total. The van der Waals surface area contributed by atoms with E-state index in [1.54, 1.807) is 11.8 Å². The van der Waals surface area contributed by atoms with Gasteiger partial charge in [-0.3, -0.25) is 4.99 Å². The van der Waals surface area contributed by atoms with Crippen LogP contribution in [0, 0.1) is 0 Å². The average molecular weight is 209 g/mol. The molecule has 3 rings (SSSR count). The smallest absolute Gasteiger partial charge is 0.160 e. The van der Waals surface area contributed by atoms with Gasteiger partial charge in [-0.2, -0.15) is 0 Å². The predicted octanol–water partition coefficient (Wildman–Crippen LogP) is 2.15. The Labute approximate surface area is 95.0 Å². The Balaban J connectivity index is 2.09. The molecule has 0 saturated carbocycles. The molecule has 0 amide bonds. The van der Waals surface area contributed by atoms with Crippen molar-refractivity contribution in [3.05, 3.63) is 35.8 Å². The summed E-state index contributed by atoms with van der Waals surface area (Å²) in [5.41, 5.74) is 0.313. The first-order chi connectivity index (χ1) is 9.00. The summed E-state index contributed by atoms with van der Waals surface area (Å²) < 4.78 is 38.8. The van der Waals surface area contributed by atoms with Gasteiger partial charge >= 0.3 is 0 Å². The molecule has 0 aromatic heterocycles. The molecule has 3 heteroatoms. The fraction of sp³-hybridized carbons (Fsp3) is 0.364. The summed E-state index contributed by atoms with van der Waals surface area (Å²) in [6.45, 7) is 1.52. The summed E-state index contributed by atoms with van der Waals surface area (Å²) in [5.74, 6) is 1.01. The van der Waals surface area contributed by atoms with Crippen LogP contribution in [0.3, 0.4) is 0 Å². The van der Waals surface area contributed by atoms with Crippen molar-refractivity contribution in [2.45, 2.75) is 6.04 Å². The molecule has 0 aliphatic carbocycles. The Hall–Kier alpha value is -0.960. The van der Waals surface area contributed by atoms with Crippen molar-refractivity contribution in [3.8, 4) is 0 Å². The third-order valence-corrected chi connectivity index (χ3v) is 3.38. The highest BCUT2D eigenvalue weighted by atomic mass is 32.2. The molecule has 0 unspecified atom stereocenters. The van der Waals surface area contributed by atoms with E-state index < -0.39 is 0 Å². The van der Waals surface area contributed by atoms with Gasteiger partial charge in [-0.15, -0.1) is 0 Å². The van der Waals surface area contributed by atoms with Crippen molar-refractivity contribution in [1.82, 2.24) is 4.90 Å². The van der Waals surface area contributed by atoms with E-state index in [1.165, 1.54) is 0 Å². The largest absolute Gasteiger partial charge is 0.348 e. The van der Waals surface area contributed by atoms with Crippen LogP contribution in [-0.2, 0) is 0 Å². The van der Waals surface area contributed by atoms with Gasteiger partial charge in [0.05, 0.1) is 12.9 Å². The minimum absolute atomic E-state index is 0.133. The first-order valence-corrected chi connectivity index (χ1v) is 5.51. The average Bonchev–Trinajstić information content (AvgIpc) is 2.95. The van der Waals surface area contributed by atoms with E-state index in [4.69, 9.17) is 6.85 Å². The van der Waals surface area contributed by atoms with E-state index in [9.17, 15) is 0 Å². The van der Waals surface area contributed by atoms with E-state index in [1.807, 2.05) is 0 Å². The number of fused-ring (bicyclic) bond motifs is 1. The Morgan fingerprint density at radius 1 is 1.43 bits per heavy atom. The molecule has 1 saturated heterocycles. The lowest BCUT2D eigenvalue weighted by molar-refractivity contribution is 0.464. The summed E-state index contributed by atoms with van der Waals surface area (Å²) in [4.78, 5) is 6.60. The highest BCUT2D eigenvalue weighted by Gasteiger charge is 2.29. The van der Waals surface area contributed by atoms with Gasteiger partial charge in [-0.25, -0.2) is 0 Å². The Morgan fingerprint density at radius 2 is 2.29 bits per heavy atom. The Kier molecular flexibility index (Phi) is 1.11. The van der Waals surface area contributed by atoms with Gasteiger partial charge < -0.3 is 4.90 Å². The van der Waals surface area contributed by atoms with Gasteiger partial charge in [0.1, 0.15) is 0 Å². The second kappa shape index (κ2) is 3.31. The number of benzene rings is 1. The number of amidine groups is 1. The SMILES string of the molecule is [2H]c1c([2H])c([2H])c([C@@H]2CN3CCSC3=N2)c([2H])c1[2H]. The molecule has 2 aliphatic heterocycles. The molecule has 2 aliphatic rings. The van der Waals surface area contributed by atoms with E-state index in [0.717, 1.165) is 17.5 Å². The minimum Gasteiger partial charge on any atom is -0.348 e. The van der Waals surface area contributed by atoms with Crippen LogP contribution in [0.1, 0.15) is 18.5 Å². The standard InChI is InChI=1S/C11H12N2S/c1-2-4-9(5-3-1)10-8-13-6-7-14-11(13)12-10/h1-5,10H,6-8H2/t10-/m0/s1/i1D,2D,3D,4D,5D. The zero-order chi connectivity index (χ0) is 13.7. The summed E-state index contributed by atoms with van der Waals surface area (Å²) in [5, 5.41) is 0.928. The van der Waals surface area contributed by atoms with Crippen LogP contribution in [0.4, 0.5) is 0 Å². The molecule has 1 fully saturated rings. The molecular formula is C11H12N2S. The third kappa shape index (κ3) is 1.32. The van der Waals surface area contributed by atoms with E-state index >= 15 is 0 Å². The van der Waals surface area contributed by atoms with Crippen LogP contribution in [0.25, 0.3) is 0 Å². The lowest BCUT2D eigenvalue weighted by Crippen LogP contribution is -2.21. The van der Waals surface area contributed by atoms with Gasteiger partial charge in [-0.05, 0) is 5.56 Å². The van der Waals surface area contributed by atoms with Gasteiger partial charge in [0.2, 0.25) is 0 Å². The molecule has 72 valence electrons. The van der Waals surface area contributed by atoms with Crippen molar-refractivity contribution in [2.75, 3.05) is 18.8 Å². The maximum Gasteiger partial charge on any atom is 0.160 e. The topological polar surface area (TPSA) is 15.6 Å². The van der Waals surface area contributed by atoms with Crippen molar-refractivity contribution in [3.63, 3.8) is 0 Å². The zero-order valence-corrected chi connectivity index (χ0v) is 8.32. The molecule has 0 radical (unpaired) electrons. The second-order valence-corrected chi connectivity index (χ2v) is 4.32. The van der Waals surface area contributed by atoms with Crippen molar-refractivity contribution in [1.29, 1.82) is 0 Å². The van der Waals surface area contributed by atoms with Crippen molar-refractivity contribution >= 4 is 16.9 Å². The van der Waals surface area contributed by atoms with Crippen molar-refractivity contribution < 1.29 is 6.85 Å². The molecule has 1 aromatic carbocycles. The van der Waals surface area contributed by atoms with Crippen LogP contribution < -0.4 is 0 Å². The number of rotatable bonds is 1. The highest BCUT2D eigenvalue weighted by molar-refractivity contribution is 8.14. The molecule has 2 heterocycles. The number of thioether (sulfide) groups is 1. The molecule has 14 heavy (non-hydrogen) atoms. The summed E-state index contributed by atoms with van der Waals surface area (Å²) in [6, 6.07) is -1.53. The van der Waals surface area contributed by atoms with Crippen LogP contribution in [0.2, 0.25) is 0 Å². The maximum atomic E-state index is 7.94. The highest BCUT2D eigenvalue weighted by Crippen LogP contribution is 2.31. The lowest BCUT2D eigenvalue weighted by Gasteiger charge is -2.12. The van der Waals surface area contributed by atoms with Gasteiger partial charge in [0, 0.05) is 18.8 Å². The molecule has 1 aromatic rings. The first-order valence-electron chi connectivity index (χ1n) is 7.03. The van der Waals surface area contributed by atoms with Crippen molar-refractivity contribution in [2.24, 2.45) is 4.99 Å². The van der Waals surface area contributed by atoms with Crippen LogP contribution in [0.5, 0.6) is 0 Å². The van der Waals surface area contributed by atoms with Gasteiger partial charge in [0.15, 0.2) is 5.17 Å². The summed E-state index contributed by atoms with van der Waals surface area (Å²) in [7, 11) is 0. The van der Waals surface area contributed by atoms with Gasteiger partial charge in [-0.1, -0.05) is 42.0 Å². The maximum absolute atomic E-state index is 7.94. The van der Waals surface area contributed by atoms with Crippen LogP contribution in [0.15, 0.2) is 35.2 Å². The van der Waals surface area contributed by atoms with Crippen LogP contribution in [-0.4, -0.2) is 28.9 Å². The predicted molar refractivity (Wildman–Crippen MR) is 60.6 cm³/mol. The molecule has 1 atom stereocenters. The Bertz CT molecular complexity index is 560. The number of hydrogen-bond donors (Lipinski definition) is 0. The van der Waals surface area contributed by atoms with Gasteiger partial charge in [0.25, 0.3) is 0 Å². The second-order valence-electron chi connectivity index (χ2n) is 3.26. The zero-order valence-electron chi connectivity index (χ0n) is 12.5. The number of aliphatic imine (C=N–C) groups is 1. The van der Waals surface area contributed by atoms with Crippen LogP contribution >= 0.6 is 11.8 Å². The Morgan fingerprint density at radius 3 is 3.07 bits per heavy atom. The molecular weight excluding hydrogens is 192 g/mol. The van der Waals surface area contributed by atoms with E-state index in [0.29, 0.717) is 12.1 Å². The fourth-order valence-corrected chi connectivity index (χ4v) is 2.73. The summed E-state index contributed by atoms with van der Waals surface area (Å²) >= 11 is 1.66. The molecule has 0 spiro atoms. The normalized spacial score (nSPS) is 30.0. The minimum atomic E-state index is -0.350. The van der Waals surface area contributed by atoms with E-state index in [-0.39, 0.29) is 36.3 Å². The van der Waals surface area contributed by atoms with E-state index in [2.05, 4.69) is 9.89 Å². The quantitative estimate of drug-likeness (QED) is 0.704. The number of nitrogens with zero attached hydrogens (tertiary/aromatic N) is 2. The summed E-state index contributed by atoms with van der Waals surface area (Å²) in [6.07, 6.45) is 0. The first kappa shape index (κ1) is 4.71.